The quantitative estimate of drug-likeness (QED) is 0.0281. The maximum Gasteiger partial charge on any atom is 0.105 e. The summed E-state index contributed by atoms with van der Waals surface area (Å²) >= 11 is 0. The molecule has 8 unspecified atom stereocenters. The van der Waals surface area contributed by atoms with Crippen LogP contribution in [0.15, 0.2) is 34.9 Å². The van der Waals surface area contributed by atoms with E-state index >= 15 is 0 Å². The van der Waals surface area contributed by atoms with E-state index in [4.69, 9.17) is 5.11 Å². The van der Waals surface area contributed by atoms with E-state index in [1.165, 1.54) is 16.7 Å². The molecule has 0 aromatic heterocycles. The van der Waals surface area contributed by atoms with Gasteiger partial charge in [0.2, 0.25) is 0 Å². The van der Waals surface area contributed by atoms with Crippen molar-refractivity contribution in [3.05, 3.63) is 34.9 Å². The summed E-state index contributed by atoms with van der Waals surface area (Å²) in [6.07, 6.45) is 21.7. The fourth-order valence-electron chi connectivity index (χ4n) is 8.14. The zero-order valence-electron chi connectivity index (χ0n) is 40.0. The van der Waals surface area contributed by atoms with Crippen LogP contribution in [0.1, 0.15) is 230 Å². The SMILES string of the molecule is CC(C)=CCCC(C)(O)CCCC(C)(O)CCCC(C)(O)CCCC(C)(O)CCCC(C)(O)CCCC(C)(O)CCCC(C)=CCCC(C)=CCCC(C)(O)C(O)CO. The van der Waals surface area contributed by atoms with E-state index in [1.807, 2.05) is 41.5 Å². The third-order valence-corrected chi connectivity index (χ3v) is 12.7. The summed E-state index contributed by atoms with van der Waals surface area (Å²) in [5.74, 6) is 0. The monoisotopic (exact) mass is 841 g/mol. The predicted molar refractivity (Wildman–Crippen MR) is 245 cm³/mol. The van der Waals surface area contributed by atoms with Gasteiger partial charge in [-0.25, -0.2) is 0 Å². The predicted octanol–water partition coefficient (Wildman–Crippen LogP) is 9.82. The van der Waals surface area contributed by atoms with Crippen molar-refractivity contribution in [3.63, 3.8) is 0 Å². The second-order valence-corrected chi connectivity index (χ2v) is 21.2. The van der Waals surface area contributed by atoms with E-state index in [0.717, 1.165) is 38.5 Å². The summed E-state index contributed by atoms with van der Waals surface area (Å²) in [6.45, 7) is 20.5. The molecule has 0 bridgehead atoms. The second kappa shape index (κ2) is 27.1. The van der Waals surface area contributed by atoms with Gasteiger partial charge in [0.25, 0.3) is 0 Å². The molecule has 0 spiro atoms. The summed E-state index contributed by atoms with van der Waals surface area (Å²) in [5, 5.41) is 94.9. The van der Waals surface area contributed by atoms with Gasteiger partial charge in [-0.05, 0) is 230 Å². The van der Waals surface area contributed by atoms with Crippen molar-refractivity contribution in [1.29, 1.82) is 0 Å². The Labute approximate surface area is 362 Å². The van der Waals surface area contributed by atoms with Crippen LogP contribution in [0.4, 0.5) is 0 Å². The topological polar surface area (TPSA) is 182 Å². The molecule has 9 heteroatoms. The van der Waals surface area contributed by atoms with Crippen molar-refractivity contribution in [2.75, 3.05) is 6.61 Å². The lowest BCUT2D eigenvalue weighted by molar-refractivity contribution is -0.0866. The van der Waals surface area contributed by atoms with Crippen molar-refractivity contribution in [2.45, 2.75) is 276 Å². The summed E-state index contributed by atoms with van der Waals surface area (Å²) in [4.78, 5) is 0. The zero-order chi connectivity index (χ0) is 45.6. The molecular weight excluding hydrogens is 745 g/mol. The largest absolute Gasteiger partial charge is 0.394 e. The van der Waals surface area contributed by atoms with Gasteiger partial charge in [0.1, 0.15) is 6.10 Å². The molecule has 0 saturated carbocycles. The van der Waals surface area contributed by atoms with Gasteiger partial charge in [-0.3, -0.25) is 0 Å². The van der Waals surface area contributed by atoms with Crippen LogP contribution < -0.4 is 0 Å². The molecule has 0 aliphatic carbocycles. The van der Waals surface area contributed by atoms with E-state index in [2.05, 4.69) is 45.9 Å². The lowest BCUT2D eigenvalue weighted by Crippen LogP contribution is -2.41. The maximum absolute atomic E-state index is 11.1. The molecule has 8 atom stereocenters. The van der Waals surface area contributed by atoms with E-state index in [9.17, 15) is 40.9 Å². The average molecular weight is 841 g/mol. The molecule has 0 rings (SSSR count). The highest BCUT2D eigenvalue weighted by Crippen LogP contribution is 2.32. The van der Waals surface area contributed by atoms with E-state index < -0.39 is 51.9 Å². The van der Waals surface area contributed by atoms with E-state index in [-0.39, 0.29) is 0 Å². The molecular formula is C50H96O9. The van der Waals surface area contributed by atoms with Crippen LogP contribution >= 0.6 is 0 Å². The van der Waals surface area contributed by atoms with Crippen molar-refractivity contribution in [1.82, 2.24) is 0 Å². The van der Waals surface area contributed by atoms with Gasteiger partial charge in [-0.15, -0.1) is 0 Å². The molecule has 0 amide bonds. The zero-order valence-corrected chi connectivity index (χ0v) is 40.0. The summed E-state index contributed by atoms with van der Waals surface area (Å²) in [7, 11) is 0. The number of hydrogen-bond acceptors (Lipinski definition) is 9. The van der Waals surface area contributed by atoms with Crippen LogP contribution in [0.2, 0.25) is 0 Å². The normalized spacial score (nSPS) is 20.6. The Morgan fingerprint density at radius 2 is 0.678 bits per heavy atom. The van der Waals surface area contributed by atoms with Crippen LogP contribution in [-0.4, -0.2) is 97.9 Å². The lowest BCUT2D eigenvalue weighted by Gasteiger charge is -2.30. The van der Waals surface area contributed by atoms with Crippen LogP contribution in [-0.2, 0) is 0 Å². The number of hydrogen-bond donors (Lipinski definition) is 9. The Bertz CT molecular complexity index is 1220. The third kappa shape index (κ3) is 31.4. The molecule has 350 valence electrons. The van der Waals surface area contributed by atoms with Crippen molar-refractivity contribution in [3.8, 4) is 0 Å². The fourth-order valence-corrected chi connectivity index (χ4v) is 8.14. The first-order chi connectivity index (χ1) is 26.9. The van der Waals surface area contributed by atoms with Gasteiger partial charge >= 0.3 is 0 Å². The summed E-state index contributed by atoms with van der Waals surface area (Å²) in [5.41, 5.74) is -2.53. The molecule has 9 N–H and O–H groups in total. The molecule has 0 aliphatic rings. The molecule has 0 saturated heterocycles. The first-order valence-corrected chi connectivity index (χ1v) is 23.2. The van der Waals surface area contributed by atoms with Gasteiger partial charge in [0.05, 0.1) is 45.8 Å². The highest BCUT2D eigenvalue weighted by atomic mass is 16.4. The fraction of sp³-hybridized carbons (Fsp3) is 0.880. The van der Waals surface area contributed by atoms with E-state index in [1.54, 1.807) is 6.92 Å². The van der Waals surface area contributed by atoms with Gasteiger partial charge in [-0.2, -0.15) is 0 Å². The minimum Gasteiger partial charge on any atom is -0.394 e. The molecule has 0 radical (unpaired) electrons. The first kappa shape index (κ1) is 57.9. The maximum atomic E-state index is 11.1. The van der Waals surface area contributed by atoms with Gasteiger partial charge < -0.3 is 46.0 Å². The smallest absolute Gasteiger partial charge is 0.105 e. The van der Waals surface area contributed by atoms with Crippen molar-refractivity contribution >= 4 is 0 Å². The van der Waals surface area contributed by atoms with Gasteiger partial charge in [0.15, 0.2) is 0 Å². The molecule has 0 aromatic carbocycles. The Morgan fingerprint density at radius 3 is 1.02 bits per heavy atom. The van der Waals surface area contributed by atoms with Crippen LogP contribution in [0.3, 0.4) is 0 Å². The minimum absolute atomic E-state index is 0.386. The number of rotatable bonds is 35. The van der Waals surface area contributed by atoms with Crippen LogP contribution in [0, 0.1) is 0 Å². The molecule has 0 fully saturated rings. The van der Waals surface area contributed by atoms with Gasteiger partial charge in [-0.1, -0.05) is 34.9 Å². The van der Waals surface area contributed by atoms with Crippen LogP contribution in [0.25, 0.3) is 0 Å². The Balaban J connectivity index is 4.40. The van der Waals surface area contributed by atoms with Crippen molar-refractivity contribution < 1.29 is 46.0 Å². The first-order valence-electron chi connectivity index (χ1n) is 23.2. The lowest BCUT2D eigenvalue weighted by atomic mass is 9.83. The summed E-state index contributed by atoms with van der Waals surface area (Å²) < 4.78 is 0. The molecule has 9 nitrogen and oxygen atoms in total. The highest BCUT2D eigenvalue weighted by molar-refractivity contribution is 5.04. The molecule has 0 aliphatic heterocycles. The standard InChI is InChI=1S/C50H96O9/c1-40(2)21-13-26-44(5,53)28-16-30-46(7,55)32-18-34-48(9,57)36-20-37-49(10,58)35-19-33-47(8,56)31-17-29-45(6,54)27-14-24-41(3)22-12-23-42(4)25-15-38-50(11,59)43(52)39-51/h21-22,25,43,51-59H,12-20,23-24,26-39H2,1-11H3. The summed E-state index contributed by atoms with van der Waals surface area (Å²) in [6, 6.07) is 0. The van der Waals surface area contributed by atoms with Crippen molar-refractivity contribution in [2.24, 2.45) is 0 Å². The Morgan fingerprint density at radius 1 is 0.390 bits per heavy atom. The molecule has 0 heterocycles. The third-order valence-electron chi connectivity index (χ3n) is 12.7. The minimum atomic E-state index is -1.30. The molecule has 59 heavy (non-hydrogen) atoms. The van der Waals surface area contributed by atoms with Gasteiger partial charge in [0, 0.05) is 0 Å². The second-order valence-electron chi connectivity index (χ2n) is 21.2. The number of allylic oxidation sites excluding steroid dienone is 6. The number of aliphatic hydroxyl groups excluding tert-OH is 2. The Kier molecular flexibility index (Phi) is 26.6. The molecule has 0 aromatic rings. The van der Waals surface area contributed by atoms with E-state index in [0.29, 0.717) is 116 Å². The Hall–Kier alpha value is -1.14. The average Bonchev–Trinajstić information content (AvgIpc) is 3.06. The number of aliphatic hydroxyl groups is 9. The van der Waals surface area contributed by atoms with Crippen LogP contribution in [0.5, 0.6) is 0 Å². The highest BCUT2D eigenvalue weighted by Gasteiger charge is 2.30.